The van der Waals surface area contributed by atoms with Gasteiger partial charge in [-0.2, -0.15) is 0 Å². The maximum atomic E-state index is 12.6. The molecule has 2 rings (SSSR count). The van der Waals surface area contributed by atoms with E-state index in [1.165, 1.54) is 25.7 Å². The number of methoxy groups -OCH3 is 1. The van der Waals surface area contributed by atoms with Crippen LogP contribution in [0.3, 0.4) is 0 Å². The number of anilines is 1. The molecule has 2 N–H and O–H groups in total. The van der Waals surface area contributed by atoms with Gasteiger partial charge < -0.3 is 10.5 Å². The predicted octanol–water partition coefficient (Wildman–Crippen LogP) is 2.72. The Morgan fingerprint density at radius 3 is 2.45 bits per heavy atom. The van der Waals surface area contributed by atoms with Gasteiger partial charge in [0, 0.05) is 5.56 Å². The minimum atomic E-state index is -0.0825. The summed E-state index contributed by atoms with van der Waals surface area (Å²) < 4.78 is 5.13. The third-order valence-corrected chi connectivity index (χ3v) is 4.08. The Morgan fingerprint density at radius 1 is 1.25 bits per heavy atom. The van der Waals surface area contributed by atoms with E-state index in [2.05, 4.69) is 4.90 Å². The first-order chi connectivity index (χ1) is 9.63. The van der Waals surface area contributed by atoms with E-state index in [4.69, 9.17) is 10.5 Å². The number of benzene rings is 1. The van der Waals surface area contributed by atoms with Gasteiger partial charge in [0.15, 0.2) is 5.78 Å². The smallest absolute Gasteiger partial charge is 0.179 e. The molecule has 20 heavy (non-hydrogen) atoms. The molecular formula is C16H24N2O2. The van der Waals surface area contributed by atoms with E-state index >= 15 is 0 Å². The van der Waals surface area contributed by atoms with Crippen molar-refractivity contribution in [3.05, 3.63) is 23.8 Å². The Hall–Kier alpha value is -1.55. The second kappa shape index (κ2) is 6.75. The Morgan fingerprint density at radius 2 is 1.90 bits per heavy atom. The molecule has 110 valence electrons. The number of Topliss-reactive ketones (excluding diaryl/α,β-unsaturated/α-hetero) is 1. The van der Waals surface area contributed by atoms with Crippen LogP contribution in [0.2, 0.25) is 0 Å². The minimum absolute atomic E-state index is 0.0825. The van der Waals surface area contributed by atoms with Crippen LogP contribution in [-0.4, -0.2) is 36.9 Å². The number of nitrogens with two attached hydrogens (primary N) is 1. The highest BCUT2D eigenvalue weighted by Crippen LogP contribution is 2.23. The molecule has 0 saturated carbocycles. The molecule has 1 saturated heterocycles. The maximum Gasteiger partial charge on any atom is 0.179 e. The summed E-state index contributed by atoms with van der Waals surface area (Å²) in [6.07, 6.45) is 4.91. The third kappa shape index (κ3) is 3.31. The zero-order chi connectivity index (χ0) is 14.5. The fourth-order valence-electron chi connectivity index (χ4n) is 2.78. The van der Waals surface area contributed by atoms with Crippen LogP contribution >= 0.6 is 0 Å². The summed E-state index contributed by atoms with van der Waals surface area (Å²) in [6.45, 7) is 4.02. The predicted molar refractivity (Wildman–Crippen MR) is 81.2 cm³/mol. The minimum Gasteiger partial charge on any atom is -0.495 e. The van der Waals surface area contributed by atoms with Gasteiger partial charge >= 0.3 is 0 Å². The molecule has 0 spiro atoms. The van der Waals surface area contributed by atoms with Crippen molar-refractivity contribution in [1.29, 1.82) is 0 Å². The number of hydrogen-bond donors (Lipinski definition) is 1. The molecule has 0 radical (unpaired) electrons. The molecule has 1 fully saturated rings. The number of ketones is 1. The van der Waals surface area contributed by atoms with Crippen LogP contribution in [0.1, 0.15) is 43.0 Å². The molecule has 1 atom stereocenters. The van der Waals surface area contributed by atoms with E-state index < -0.39 is 0 Å². The van der Waals surface area contributed by atoms with Gasteiger partial charge in [-0.25, -0.2) is 0 Å². The van der Waals surface area contributed by atoms with E-state index in [1.54, 1.807) is 25.3 Å². The quantitative estimate of drug-likeness (QED) is 0.678. The first-order valence-electron chi connectivity index (χ1n) is 7.35. The maximum absolute atomic E-state index is 12.6. The molecule has 4 nitrogen and oxygen atoms in total. The van der Waals surface area contributed by atoms with Gasteiger partial charge in [-0.15, -0.1) is 0 Å². The zero-order valence-electron chi connectivity index (χ0n) is 12.4. The van der Waals surface area contributed by atoms with Crippen molar-refractivity contribution in [2.45, 2.75) is 38.6 Å². The highest BCUT2D eigenvalue weighted by Gasteiger charge is 2.23. The number of nitrogen functional groups attached to an aromatic ring is 1. The van der Waals surface area contributed by atoms with Crippen molar-refractivity contribution in [2.75, 3.05) is 25.9 Å². The van der Waals surface area contributed by atoms with Gasteiger partial charge in [0.05, 0.1) is 18.8 Å². The van der Waals surface area contributed by atoms with Crippen molar-refractivity contribution in [1.82, 2.24) is 4.90 Å². The van der Waals surface area contributed by atoms with Gasteiger partial charge in [0.1, 0.15) is 5.75 Å². The van der Waals surface area contributed by atoms with Crippen molar-refractivity contribution in [3.8, 4) is 5.75 Å². The summed E-state index contributed by atoms with van der Waals surface area (Å²) in [7, 11) is 1.58. The summed E-state index contributed by atoms with van der Waals surface area (Å²) in [4.78, 5) is 14.9. The second-order valence-electron chi connectivity index (χ2n) is 5.45. The molecule has 4 heteroatoms. The van der Waals surface area contributed by atoms with Crippen LogP contribution in [0.5, 0.6) is 5.75 Å². The highest BCUT2D eigenvalue weighted by atomic mass is 16.5. The average molecular weight is 276 g/mol. The standard InChI is InChI=1S/C16H24N2O2/c1-12(18-9-5-3-4-6-10-18)16(19)13-7-8-15(20-2)14(17)11-13/h7-8,11-12H,3-6,9-10,17H2,1-2H3. The summed E-state index contributed by atoms with van der Waals surface area (Å²) in [5.74, 6) is 0.755. The molecule has 1 unspecified atom stereocenters. The number of likely N-dealkylation sites (tertiary alicyclic amines) is 1. The number of rotatable bonds is 4. The molecular weight excluding hydrogens is 252 g/mol. The summed E-state index contributed by atoms with van der Waals surface area (Å²) in [5.41, 5.74) is 7.06. The Bertz CT molecular complexity index is 466. The lowest BCUT2D eigenvalue weighted by Crippen LogP contribution is -2.39. The van der Waals surface area contributed by atoms with Crippen molar-refractivity contribution < 1.29 is 9.53 Å². The SMILES string of the molecule is COc1ccc(C(=O)C(C)N2CCCCCC2)cc1N. The summed E-state index contributed by atoms with van der Waals surface area (Å²) in [6, 6.07) is 5.19. The second-order valence-corrected chi connectivity index (χ2v) is 5.45. The lowest BCUT2D eigenvalue weighted by molar-refractivity contribution is 0.0843. The van der Waals surface area contributed by atoms with Crippen LogP contribution < -0.4 is 10.5 Å². The Balaban J connectivity index is 2.11. The normalized spacial score (nSPS) is 18.3. The third-order valence-electron chi connectivity index (χ3n) is 4.08. The topological polar surface area (TPSA) is 55.6 Å². The van der Waals surface area contributed by atoms with Gasteiger partial charge in [-0.05, 0) is 51.1 Å². The molecule has 0 bridgehead atoms. The van der Waals surface area contributed by atoms with E-state index in [0.717, 1.165) is 13.1 Å². The van der Waals surface area contributed by atoms with E-state index in [9.17, 15) is 4.79 Å². The zero-order valence-corrected chi connectivity index (χ0v) is 12.4. The molecule has 1 aromatic rings. The molecule has 1 heterocycles. The fraction of sp³-hybridized carbons (Fsp3) is 0.562. The van der Waals surface area contributed by atoms with Gasteiger partial charge in [-0.1, -0.05) is 12.8 Å². The highest BCUT2D eigenvalue weighted by molar-refractivity contribution is 6.00. The Labute approximate surface area is 120 Å². The monoisotopic (exact) mass is 276 g/mol. The van der Waals surface area contributed by atoms with Crippen LogP contribution in [-0.2, 0) is 0 Å². The number of hydrogen-bond acceptors (Lipinski definition) is 4. The van der Waals surface area contributed by atoms with Gasteiger partial charge in [0.25, 0.3) is 0 Å². The van der Waals surface area contributed by atoms with Crippen LogP contribution in [0, 0.1) is 0 Å². The van der Waals surface area contributed by atoms with Gasteiger partial charge in [0.2, 0.25) is 0 Å². The summed E-state index contributed by atoms with van der Waals surface area (Å²) in [5, 5.41) is 0. The van der Waals surface area contributed by atoms with E-state index in [0.29, 0.717) is 17.0 Å². The molecule has 1 aliphatic rings. The number of nitrogens with zero attached hydrogens (tertiary/aromatic N) is 1. The molecule has 0 aliphatic carbocycles. The van der Waals surface area contributed by atoms with Crippen molar-refractivity contribution >= 4 is 11.5 Å². The first kappa shape index (κ1) is 14.9. The van der Waals surface area contributed by atoms with Crippen molar-refractivity contribution in [2.24, 2.45) is 0 Å². The number of ether oxygens (including phenoxy) is 1. The van der Waals surface area contributed by atoms with Crippen LogP contribution in [0.25, 0.3) is 0 Å². The lowest BCUT2D eigenvalue weighted by atomic mass is 10.0. The number of carbonyl (C=O) groups is 1. The number of carbonyl (C=O) groups excluding carboxylic acids is 1. The molecule has 0 aromatic heterocycles. The van der Waals surface area contributed by atoms with E-state index in [1.807, 2.05) is 6.92 Å². The Kier molecular flexibility index (Phi) is 5.01. The average Bonchev–Trinajstić information content (AvgIpc) is 2.74. The van der Waals surface area contributed by atoms with Crippen molar-refractivity contribution in [3.63, 3.8) is 0 Å². The first-order valence-corrected chi connectivity index (χ1v) is 7.35. The fourth-order valence-corrected chi connectivity index (χ4v) is 2.78. The molecule has 0 amide bonds. The van der Waals surface area contributed by atoms with Crippen LogP contribution in [0.4, 0.5) is 5.69 Å². The van der Waals surface area contributed by atoms with E-state index in [-0.39, 0.29) is 11.8 Å². The summed E-state index contributed by atoms with van der Waals surface area (Å²) >= 11 is 0. The largest absolute Gasteiger partial charge is 0.495 e. The van der Waals surface area contributed by atoms with Crippen LogP contribution in [0.15, 0.2) is 18.2 Å². The molecule has 1 aromatic carbocycles. The lowest BCUT2D eigenvalue weighted by Gasteiger charge is -2.26. The molecule has 1 aliphatic heterocycles. The van der Waals surface area contributed by atoms with Gasteiger partial charge in [-0.3, -0.25) is 9.69 Å².